The Balaban J connectivity index is 0.000000404. The number of amides is 2. The van der Waals surface area contributed by atoms with Crippen LogP contribution in [0.4, 0.5) is 23.9 Å². The molecule has 39 heavy (non-hydrogen) atoms. The zero-order valence-corrected chi connectivity index (χ0v) is 22.3. The van der Waals surface area contributed by atoms with Crippen LogP contribution in [-0.4, -0.2) is 58.7 Å². The number of carboxylic acids is 1. The number of methoxy groups -OCH3 is 1. The second-order valence-corrected chi connectivity index (χ2v) is 9.69. The number of nitrogens with zero attached hydrogens (tertiary/aromatic N) is 4. The van der Waals surface area contributed by atoms with Crippen LogP contribution >= 0.6 is 23.2 Å². The third-order valence-electron chi connectivity index (χ3n) is 4.32. The summed E-state index contributed by atoms with van der Waals surface area (Å²) in [5.41, 5.74) is -0.294. The number of hydrogen-bond acceptors (Lipinski definition) is 9. The Labute approximate surface area is 229 Å². The third kappa shape index (κ3) is 10.1. The molecule has 12 nitrogen and oxygen atoms in total. The summed E-state index contributed by atoms with van der Waals surface area (Å²) < 4.78 is 68.8. The predicted octanol–water partition coefficient (Wildman–Crippen LogP) is 4.28. The van der Waals surface area contributed by atoms with E-state index in [4.69, 9.17) is 33.0 Å². The maximum atomic E-state index is 12.5. The molecule has 0 aliphatic carbocycles. The fraction of sp³-hybridized carbons (Fsp3) is 0.238. The fourth-order valence-corrected chi connectivity index (χ4v) is 4.24. The van der Waals surface area contributed by atoms with Crippen molar-refractivity contribution >= 4 is 51.2 Å². The van der Waals surface area contributed by atoms with Gasteiger partial charge in [0.25, 0.3) is 10.0 Å². The second-order valence-electron chi connectivity index (χ2n) is 7.25. The van der Waals surface area contributed by atoms with Crippen LogP contribution < -0.4 is 14.8 Å². The molecule has 2 heterocycles. The molecule has 0 saturated heterocycles. The lowest BCUT2D eigenvalue weighted by Crippen LogP contribution is -2.35. The van der Waals surface area contributed by atoms with E-state index >= 15 is 0 Å². The third-order valence-corrected chi connectivity index (χ3v) is 6.26. The van der Waals surface area contributed by atoms with E-state index in [9.17, 15) is 31.2 Å². The lowest BCUT2D eigenvalue weighted by molar-refractivity contribution is -0.134. The first kappa shape index (κ1) is 31.5. The van der Waals surface area contributed by atoms with E-state index in [0.29, 0.717) is 0 Å². The first-order valence-corrected chi connectivity index (χ1v) is 12.7. The number of sulfonamides is 1. The summed E-state index contributed by atoms with van der Waals surface area (Å²) in [5, 5.41) is 10.8. The van der Waals surface area contributed by atoms with Crippen molar-refractivity contribution in [3.8, 4) is 6.01 Å². The normalized spacial score (nSPS) is 11.2. The number of alkyl halides is 3. The first-order chi connectivity index (χ1) is 18.1. The zero-order chi connectivity index (χ0) is 29.4. The second kappa shape index (κ2) is 13.3. The number of benzene rings is 1. The van der Waals surface area contributed by atoms with Crippen LogP contribution in [0.3, 0.4) is 0 Å². The van der Waals surface area contributed by atoms with Crippen molar-refractivity contribution < 1.29 is 41.0 Å². The minimum Gasteiger partial charge on any atom is -0.476 e. The number of urea groups is 1. The molecule has 0 radical (unpaired) electrons. The Morgan fingerprint density at radius 3 is 2.31 bits per heavy atom. The van der Waals surface area contributed by atoms with Gasteiger partial charge in [0.2, 0.25) is 5.95 Å². The number of pyridine rings is 1. The smallest absolute Gasteiger partial charge is 0.389 e. The number of aromatic nitrogens is 4. The maximum absolute atomic E-state index is 12.5. The summed E-state index contributed by atoms with van der Waals surface area (Å²) in [4.78, 5) is 36.8. The summed E-state index contributed by atoms with van der Waals surface area (Å²) in [5.74, 6) is -1.23. The highest BCUT2D eigenvalue weighted by atomic mass is 35.5. The average molecular weight is 611 g/mol. The molecule has 3 aromatic rings. The average Bonchev–Trinajstić information content (AvgIpc) is 2.83. The van der Waals surface area contributed by atoms with Gasteiger partial charge in [-0.05, 0) is 37.1 Å². The number of carbonyl (C=O) groups is 2. The van der Waals surface area contributed by atoms with E-state index in [0.717, 1.165) is 6.07 Å². The van der Waals surface area contributed by atoms with E-state index in [1.807, 2.05) is 0 Å². The summed E-state index contributed by atoms with van der Waals surface area (Å²) in [6, 6.07) is 6.63. The molecule has 0 aliphatic rings. The Morgan fingerprint density at radius 2 is 1.72 bits per heavy atom. The number of rotatable bonds is 7. The fourth-order valence-electron chi connectivity index (χ4n) is 2.73. The van der Waals surface area contributed by atoms with Gasteiger partial charge >= 0.3 is 24.2 Å². The quantitative estimate of drug-likeness (QED) is 0.327. The molecule has 18 heteroatoms. The van der Waals surface area contributed by atoms with Gasteiger partial charge in [-0.25, -0.2) is 27.7 Å². The van der Waals surface area contributed by atoms with E-state index in [1.54, 1.807) is 4.72 Å². The summed E-state index contributed by atoms with van der Waals surface area (Å²) >= 11 is 10.9. The highest BCUT2D eigenvalue weighted by Gasteiger charge is 2.29. The van der Waals surface area contributed by atoms with E-state index in [1.165, 1.54) is 44.4 Å². The molecular weight excluding hydrogens is 592 g/mol. The molecule has 0 unspecified atom stereocenters. The number of nitrogens with one attached hydrogen (secondary N) is 2. The number of carboxylic acid groups (broad SMARTS) is 1. The van der Waals surface area contributed by atoms with E-state index < -0.39 is 45.9 Å². The molecule has 2 aromatic heterocycles. The SMILES string of the molecule is COc1nc(C)nc(NC(=O)NS(=O)(=O)c2ccccc2CCC(F)(F)F)n1.O=C(O)c1nc(Cl)ccc1Cl. The zero-order valence-electron chi connectivity index (χ0n) is 20.0. The topological polar surface area (TPSA) is 173 Å². The number of anilines is 1. The lowest BCUT2D eigenvalue weighted by Gasteiger charge is -2.13. The number of aromatic carboxylic acids is 1. The summed E-state index contributed by atoms with van der Waals surface area (Å²) in [6.07, 6.45) is -6.20. The van der Waals surface area contributed by atoms with Gasteiger partial charge in [-0.2, -0.15) is 28.1 Å². The number of carbonyl (C=O) groups excluding carboxylic acids is 1. The van der Waals surface area contributed by atoms with E-state index in [2.05, 4.69) is 25.3 Å². The van der Waals surface area contributed by atoms with Gasteiger partial charge < -0.3 is 9.84 Å². The minimum atomic E-state index is -4.45. The van der Waals surface area contributed by atoms with Crippen LogP contribution in [-0.2, 0) is 16.4 Å². The molecule has 0 saturated carbocycles. The van der Waals surface area contributed by atoms with Crippen LogP contribution in [0.15, 0.2) is 41.3 Å². The van der Waals surface area contributed by atoms with Crippen molar-refractivity contribution in [3.63, 3.8) is 0 Å². The number of aryl methyl sites for hydroxylation is 2. The largest absolute Gasteiger partial charge is 0.476 e. The van der Waals surface area contributed by atoms with Gasteiger partial charge in [-0.3, -0.25) is 5.32 Å². The van der Waals surface area contributed by atoms with Crippen LogP contribution in [0, 0.1) is 6.92 Å². The highest BCUT2D eigenvalue weighted by Crippen LogP contribution is 2.25. The van der Waals surface area contributed by atoms with Gasteiger partial charge in [0.1, 0.15) is 11.0 Å². The van der Waals surface area contributed by atoms with Gasteiger partial charge in [-0.15, -0.1) is 0 Å². The molecule has 0 bridgehead atoms. The highest BCUT2D eigenvalue weighted by molar-refractivity contribution is 7.90. The van der Waals surface area contributed by atoms with Crippen LogP contribution in [0.1, 0.15) is 28.3 Å². The Bertz CT molecular complexity index is 1460. The minimum absolute atomic E-state index is 0.0715. The molecule has 0 spiro atoms. The van der Waals surface area contributed by atoms with Gasteiger partial charge in [-0.1, -0.05) is 41.4 Å². The van der Waals surface area contributed by atoms with Crippen molar-refractivity contribution in [2.24, 2.45) is 0 Å². The molecule has 0 aliphatic heterocycles. The summed E-state index contributed by atoms with van der Waals surface area (Å²) in [7, 11) is -3.14. The van der Waals surface area contributed by atoms with Crippen LogP contribution in [0.5, 0.6) is 6.01 Å². The maximum Gasteiger partial charge on any atom is 0.389 e. The molecule has 2 amide bonds. The van der Waals surface area contributed by atoms with Crippen molar-refractivity contribution in [2.75, 3.05) is 12.4 Å². The Morgan fingerprint density at radius 1 is 1.05 bits per heavy atom. The molecule has 0 atom stereocenters. The van der Waals surface area contributed by atoms with Crippen molar-refractivity contribution in [1.82, 2.24) is 24.7 Å². The van der Waals surface area contributed by atoms with Crippen molar-refractivity contribution in [1.29, 1.82) is 0 Å². The number of ether oxygens (including phenoxy) is 1. The Kier molecular flexibility index (Phi) is 10.8. The molecule has 1 aromatic carbocycles. The lowest BCUT2D eigenvalue weighted by atomic mass is 10.1. The Hall–Kier alpha value is -3.76. The molecule has 210 valence electrons. The molecular formula is C21H19Cl2F3N6O6S. The van der Waals surface area contributed by atoms with Gasteiger partial charge in [0.05, 0.1) is 17.0 Å². The number of halogens is 5. The summed E-state index contributed by atoms with van der Waals surface area (Å²) in [6.45, 7) is 1.50. The molecule has 3 rings (SSSR count). The predicted molar refractivity (Wildman–Crippen MR) is 132 cm³/mol. The van der Waals surface area contributed by atoms with E-state index in [-0.39, 0.29) is 39.2 Å². The molecule has 0 fully saturated rings. The van der Waals surface area contributed by atoms with Gasteiger partial charge in [0, 0.05) is 6.42 Å². The van der Waals surface area contributed by atoms with Gasteiger partial charge in [0.15, 0.2) is 5.69 Å². The number of hydrogen-bond donors (Lipinski definition) is 3. The van der Waals surface area contributed by atoms with Crippen molar-refractivity contribution in [2.45, 2.75) is 30.8 Å². The van der Waals surface area contributed by atoms with Crippen LogP contribution in [0.2, 0.25) is 10.2 Å². The monoisotopic (exact) mass is 610 g/mol. The molecule has 3 N–H and O–H groups in total. The first-order valence-electron chi connectivity index (χ1n) is 10.4. The standard InChI is InChI=1S/C15H16F3N5O4S.C6H3Cl2NO2/c1-9-19-12(22-14(20-9)27-2)21-13(24)23-28(25,26)11-6-4-3-5-10(11)7-8-15(16,17)18;7-3-1-2-4(8)9-5(3)6(10)11/h3-6H,7-8H2,1-2H3,(H2,19,20,21,22,23,24);1-2H,(H,10,11). The van der Waals surface area contributed by atoms with Crippen LogP contribution in [0.25, 0.3) is 0 Å². The van der Waals surface area contributed by atoms with Crippen molar-refractivity contribution in [3.05, 3.63) is 63.7 Å².